The van der Waals surface area contributed by atoms with Crippen LogP contribution in [0.4, 0.5) is 5.69 Å². The van der Waals surface area contributed by atoms with Crippen LogP contribution in [0, 0.1) is 0 Å². The number of pyridine rings is 1. The Morgan fingerprint density at radius 2 is 1.57 bits per heavy atom. The number of nitrogens with zero attached hydrogens (tertiary/aromatic N) is 1. The number of ether oxygens (including phenoxy) is 3. The highest BCUT2D eigenvalue weighted by molar-refractivity contribution is 8.07. The fraction of sp³-hybridized carbons (Fsp3) is 0.0968. The molecule has 0 bridgehead atoms. The van der Waals surface area contributed by atoms with Crippen LogP contribution in [0.3, 0.4) is 0 Å². The molecule has 1 N–H and O–H groups in total. The molecule has 5 rings (SSSR count). The zero-order valence-electron chi connectivity index (χ0n) is 21.6. The molecule has 202 valence electrons. The molecule has 0 aliphatic carbocycles. The summed E-state index contributed by atoms with van der Waals surface area (Å²) < 4.78 is 44.7. The number of carbonyl (C=O) groups is 1. The number of rotatable bonds is 10. The first-order chi connectivity index (χ1) is 19.4. The zero-order valence-corrected chi connectivity index (χ0v) is 22.4. The Bertz CT molecular complexity index is 1760. The average molecular weight is 555 g/mol. The van der Waals surface area contributed by atoms with Gasteiger partial charge in [0, 0.05) is 16.6 Å². The lowest BCUT2D eigenvalue weighted by molar-refractivity contribution is 0.107. The highest BCUT2D eigenvalue weighted by atomic mass is 32.2. The van der Waals surface area contributed by atoms with Crippen LogP contribution in [0.15, 0.2) is 109 Å². The minimum Gasteiger partial charge on any atom is -0.493 e. The maximum atomic E-state index is 12.7. The predicted molar refractivity (Wildman–Crippen MR) is 153 cm³/mol. The van der Waals surface area contributed by atoms with E-state index in [-0.39, 0.29) is 17.9 Å². The third-order valence-electron chi connectivity index (χ3n) is 6.01. The molecule has 0 amide bonds. The smallest absolute Gasteiger partial charge is 0.300 e. The fourth-order valence-electron chi connectivity index (χ4n) is 4.01. The molecule has 4 aromatic carbocycles. The van der Waals surface area contributed by atoms with Crippen molar-refractivity contribution in [3.63, 3.8) is 0 Å². The van der Waals surface area contributed by atoms with E-state index in [1.165, 1.54) is 25.3 Å². The molecule has 0 saturated carbocycles. The first kappa shape index (κ1) is 26.7. The van der Waals surface area contributed by atoms with Gasteiger partial charge in [0.25, 0.3) is 5.12 Å². The molecular formula is C31H26N2O6S. The van der Waals surface area contributed by atoms with E-state index < -0.39 is 15.1 Å². The van der Waals surface area contributed by atoms with Gasteiger partial charge in [-0.15, -0.1) is 0 Å². The Morgan fingerprint density at radius 3 is 2.40 bits per heavy atom. The molecule has 9 heteroatoms. The Kier molecular flexibility index (Phi) is 7.93. The van der Waals surface area contributed by atoms with E-state index in [0.717, 1.165) is 22.2 Å². The van der Waals surface area contributed by atoms with Crippen molar-refractivity contribution in [1.82, 2.24) is 4.98 Å². The van der Waals surface area contributed by atoms with Gasteiger partial charge in [-0.25, -0.2) is 4.98 Å². The summed E-state index contributed by atoms with van der Waals surface area (Å²) in [7, 11) is -2.89. The van der Waals surface area contributed by atoms with Gasteiger partial charge in [0.05, 0.1) is 18.3 Å². The second-order valence-electron chi connectivity index (χ2n) is 8.84. The summed E-state index contributed by atoms with van der Waals surface area (Å²) in [5.41, 5.74) is 2.83. The summed E-state index contributed by atoms with van der Waals surface area (Å²) in [5.74, 6) is 1.26. The van der Waals surface area contributed by atoms with E-state index >= 15 is 0 Å². The molecule has 0 atom stereocenters. The molecule has 1 heterocycles. The van der Waals surface area contributed by atoms with Crippen LogP contribution in [0.2, 0.25) is 0 Å². The zero-order chi connectivity index (χ0) is 28.0. The number of fused-ring (bicyclic) bond motifs is 1. The van der Waals surface area contributed by atoms with Crippen LogP contribution in [0.25, 0.3) is 10.9 Å². The van der Waals surface area contributed by atoms with E-state index in [9.17, 15) is 13.2 Å². The molecule has 8 nitrogen and oxygen atoms in total. The predicted octanol–water partition coefficient (Wildman–Crippen LogP) is 5.98. The quantitative estimate of drug-likeness (QED) is 0.226. The Morgan fingerprint density at radius 1 is 0.775 bits per heavy atom. The maximum Gasteiger partial charge on any atom is 0.300 e. The molecular weight excluding hydrogens is 528 g/mol. The minimum absolute atomic E-state index is 0.0506. The molecule has 0 aliphatic heterocycles. The first-order valence-corrected chi connectivity index (χ1v) is 13.9. The summed E-state index contributed by atoms with van der Waals surface area (Å²) in [5, 5.41) is -0.00402. The number of sulfonamides is 1. The van der Waals surface area contributed by atoms with E-state index in [1.54, 1.807) is 30.3 Å². The number of benzene rings is 4. The molecule has 0 aliphatic rings. The fourth-order valence-corrected chi connectivity index (χ4v) is 4.99. The van der Waals surface area contributed by atoms with Crippen LogP contribution in [-0.4, -0.2) is 25.6 Å². The summed E-state index contributed by atoms with van der Waals surface area (Å²) in [6.45, 7) is 0.517. The van der Waals surface area contributed by atoms with Crippen molar-refractivity contribution < 1.29 is 27.4 Å². The van der Waals surface area contributed by atoms with Crippen LogP contribution in [0.5, 0.6) is 17.2 Å². The van der Waals surface area contributed by atoms with Crippen molar-refractivity contribution in [2.45, 2.75) is 13.2 Å². The lowest BCUT2D eigenvalue weighted by Crippen LogP contribution is -2.23. The number of methoxy groups -OCH3 is 1. The monoisotopic (exact) mass is 554 g/mol. The molecule has 0 spiro atoms. The third kappa shape index (κ3) is 6.39. The van der Waals surface area contributed by atoms with Gasteiger partial charge in [-0.05, 0) is 60.2 Å². The van der Waals surface area contributed by atoms with Gasteiger partial charge in [-0.1, -0.05) is 54.6 Å². The number of aromatic nitrogens is 1. The highest BCUT2D eigenvalue weighted by Gasteiger charge is 2.25. The van der Waals surface area contributed by atoms with Crippen molar-refractivity contribution >= 4 is 31.7 Å². The third-order valence-corrected chi connectivity index (χ3v) is 7.23. The van der Waals surface area contributed by atoms with Gasteiger partial charge >= 0.3 is 10.0 Å². The maximum absolute atomic E-state index is 12.7. The first-order valence-electron chi connectivity index (χ1n) is 12.4. The highest BCUT2D eigenvalue weighted by Crippen LogP contribution is 2.30. The number of para-hydroxylation sites is 2. The lowest BCUT2D eigenvalue weighted by atomic mass is 10.2. The van der Waals surface area contributed by atoms with Gasteiger partial charge in [0.2, 0.25) is 0 Å². The summed E-state index contributed by atoms with van der Waals surface area (Å²) in [4.78, 5) is 17.4. The molecule has 5 aromatic rings. The Hall–Kier alpha value is -4.89. The standard InChI is InChI=1S/C31H26N2O6S/c1-37-30-19-24(31(34)40(35,36)33-25-10-3-2-4-11-25)15-17-29(30)39-20-22-8-7-12-27(18-22)38-21-26-16-14-23-9-5-6-13-28(23)32-26/h2-19,33H,20-21H2,1H3. The number of nitrogens with one attached hydrogen (secondary N) is 1. The number of carbonyl (C=O) groups excluding carboxylic acids is 1. The molecule has 0 radical (unpaired) electrons. The molecule has 40 heavy (non-hydrogen) atoms. The second-order valence-corrected chi connectivity index (χ2v) is 10.4. The van der Waals surface area contributed by atoms with E-state index in [0.29, 0.717) is 23.8 Å². The lowest BCUT2D eigenvalue weighted by Gasteiger charge is -2.13. The minimum atomic E-state index is -4.30. The van der Waals surface area contributed by atoms with Crippen molar-refractivity contribution in [2.24, 2.45) is 0 Å². The largest absolute Gasteiger partial charge is 0.493 e. The Balaban J connectivity index is 1.23. The van der Waals surface area contributed by atoms with Crippen molar-refractivity contribution in [3.05, 3.63) is 126 Å². The average Bonchev–Trinajstić information content (AvgIpc) is 2.99. The van der Waals surface area contributed by atoms with Crippen molar-refractivity contribution in [3.8, 4) is 17.2 Å². The van der Waals surface area contributed by atoms with Gasteiger partial charge in [0.1, 0.15) is 19.0 Å². The van der Waals surface area contributed by atoms with Crippen LogP contribution in [-0.2, 0) is 23.2 Å². The van der Waals surface area contributed by atoms with Gasteiger partial charge in [0.15, 0.2) is 11.5 Å². The topological polar surface area (TPSA) is 104 Å². The van der Waals surface area contributed by atoms with Crippen LogP contribution >= 0.6 is 0 Å². The van der Waals surface area contributed by atoms with Crippen LogP contribution in [0.1, 0.15) is 21.6 Å². The van der Waals surface area contributed by atoms with E-state index in [1.807, 2.05) is 60.7 Å². The molecule has 1 aromatic heterocycles. The Labute approximate surface area is 232 Å². The molecule has 0 saturated heterocycles. The summed E-state index contributed by atoms with van der Waals surface area (Å²) in [6, 6.07) is 31.8. The molecule has 0 unspecified atom stereocenters. The molecule has 0 fully saturated rings. The second kappa shape index (κ2) is 11.9. The number of anilines is 1. The summed E-state index contributed by atoms with van der Waals surface area (Å²) in [6.07, 6.45) is 0. The number of hydrogen-bond acceptors (Lipinski definition) is 7. The van der Waals surface area contributed by atoms with E-state index in [4.69, 9.17) is 14.2 Å². The van der Waals surface area contributed by atoms with Gasteiger partial charge in [-0.3, -0.25) is 9.52 Å². The van der Waals surface area contributed by atoms with Crippen molar-refractivity contribution in [2.75, 3.05) is 11.8 Å². The number of hydrogen-bond donors (Lipinski definition) is 1. The van der Waals surface area contributed by atoms with Gasteiger partial charge in [-0.2, -0.15) is 8.42 Å². The normalized spacial score (nSPS) is 11.1. The van der Waals surface area contributed by atoms with E-state index in [2.05, 4.69) is 9.71 Å². The van der Waals surface area contributed by atoms with Gasteiger partial charge < -0.3 is 14.2 Å². The SMILES string of the molecule is COc1cc(C(=O)S(=O)(=O)Nc2ccccc2)ccc1OCc1cccc(OCc2ccc3ccccc3n2)c1. The van der Waals surface area contributed by atoms with Crippen molar-refractivity contribution in [1.29, 1.82) is 0 Å². The van der Waals surface area contributed by atoms with Crippen LogP contribution < -0.4 is 18.9 Å². The summed E-state index contributed by atoms with van der Waals surface area (Å²) >= 11 is 0.